The summed E-state index contributed by atoms with van der Waals surface area (Å²) in [6.45, 7) is 3.68. The predicted octanol–water partition coefficient (Wildman–Crippen LogP) is 2.61. The maximum absolute atomic E-state index is 12.7. The molecule has 0 aromatic heterocycles. The van der Waals surface area contributed by atoms with Crippen molar-refractivity contribution in [2.75, 3.05) is 11.9 Å². The molecule has 2 aliphatic carbocycles. The Morgan fingerprint density at radius 1 is 1.07 bits per heavy atom. The number of esters is 1. The molecule has 7 heteroatoms. The number of hydrogen-bond donors (Lipinski definition) is 1. The number of nitrogens with one attached hydrogen (secondary N) is 1. The van der Waals surface area contributed by atoms with Crippen LogP contribution in [0.15, 0.2) is 24.3 Å². The van der Waals surface area contributed by atoms with E-state index in [1.807, 2.05) is 0 Å². The highest BCUT2D eigenvalue weighted by Gasteiger charge is 2.60. The first-order valence-corrected chi connectivity index (χ1v) is 10.3. The van der Waals surface area contributed by atoms with Gasteiger partial charge in [-0.25, -0.2) is 4.79 Å². The molecular weight excluding hydrogens is 372 g/mol. The molecular formula is C22H26N2O5. The van der Waals surface area contributed by atoms with Gasteiger partial charge in [-0.1, -0.05) is 0 Å². The molecule has 4 rings (SSSR count). The first-order chi connectivity index (χ1) is 13.8. The number of anilines is 1. The highest BCUT2D eigenvalue weighted by atomic mass is 16.5. The van der Waals surface area contributed by atoms with Gasteiger partial charge in [-0.3, -0.25) is 19.3 Å². The van der Waals surface area contributed by atoms with E-state index in [0.717, 1.165) is 19.3 Å². The number of likely N-dealkylation sites (tertiary alicyclic amines) is 1. The average Bonchev–Trinajstić information content (AvgIpc) is 3.35. The molecule has 3 fully saturated rings. The molecule has 3 aliphatic rings. The van der Waals surface area contributed by atoms with Crippen LogP contribution in [0.1, 0.15) is 49.9 Å². The first-order valence-electron chi connectivity index (χ1n) is 10.3. The summed E-state index contributed by atoms with van der Waals surface area (Å²) in [4.78, 5) is 50.8. The molecule has 0 spiro atoms. The highest BCUT2D eigenvalue weighted by Crippen LogP contribution is 2.56. The Hall–Kier alpha value is -2.70. The van der Waals surface area contributed by atoms with Crippen LogP contribution in [-0.2, 0) is 19.1 Å². The topological polar surface area (TPSA) is 92.8 Å². The highest BCUT2D eigenvalue weighted by molar-refractivity contribution is 6.06. The van der Waals surface area contributed by atoms with Crippen molar-refractivity contribution >= 4 is 29.4 Å². The normalized spacial score (nSPS) is 27.5. The Morgan fingerprint density at radius 3 is 2.21 bits per heavy atom. The van der Waals surface area contributed by atoms with Crippen molar-refractivity contribution in [1.82, 2.24) is 4.90 Å². The van der Waals surface area contributed by atoms with Gasteiger partial charge in [-0.15, -0.1) is 0 Å². The largest absolute Gasteiger partial charge is 0.459 e. The van der Waals surface area contributed by atoms with Crippen molar-refractivity contribution in [3.8, 4) is 0 Å². The number of benzene rings is 1. The summed E-state index contributed by atoms with van der Waals surface area (Å²) in [6, 6.07) is 6.43. The summed E-state index contributed by atoms with van der Waals surface area (Å²) in [5.41, 5.74) is 0.955. The zero-order valence-electron chi connectivity index (χ0n) is 16.7. The summed E-state index contributed by atoms with van der Waals surface area (Å²) in [5, 5.41) is 2.74. The van der Waals surface area contributed by atoms with Gasteiger partial charge in [0, 0.05) is 18.7 Å². The van der Waals surface area contributed by atoms with E-state index in [9.17, 15) is 19.2 Å². The van der Waals surface area contributed by atoms with Crippen LogP contribution in [0.2, 0.25) is 0 Å². The van der Waals surface area contributed by atoms with Crippen LogP contribution in [0, 0.1) is 23.7 Å². The number of amides is 3. The SMILES string of the molecule is CC(C)OC(=O)c1ccc(NC(=O)CCN2C(=O)[C@H]3[C@@H]4CC[C@@H](C4)[C@@H]3C2=O)cc1. The second-order valence-corrected chi connectivity index (χ2v) is 8.54. The van der Waals surface area contributed by atoms with Crippen LogP contribution in [-0.4, -0.2) is 41.2 Å². The molecule has 29 heavy (non-hydrogen) atoms. The number of ether oxygens (including phenoxy) is 1. The summed E-state index contributed by atoms with van der Waals surface area (Å²) in [7, 11) is 0. The Bertz CT molecular complexity index is 819. The lowest BCUT2D eigenvalue weighted by molar-refractivity contribution is -0.140. The molecule has 1 aliphatic heterocycles. The molecule has 7 nitrogen and oxygen atoms in total. The van der Waals surface area contributed by atoms with Gasteiger partial charge in [0.2, 0.25) is 17.7 Å². The Balaban J connectivity index is 1.30. The van der Waals surface area contributed by atoms with E-state index in [0.29, 0.717) is 23.1 Å². The van der Waals surface area contributed by atoms with Gasteiger partial charge in [-0.05, 0) is 69.2 Å². The number of imide groups is 1. The quantitative estimate of drug-likeness (QED) is 0.587. The first kappa shape index (κ1) is 19.6. The minimum Gasteiger partial charge on any atom is -0.459 e. The lowest BCUT2D eigenvalue weighted by Crippen LogP contribution is -2.35. The van der Waals surface area contributed by atoms with Crippen molar-refractivity contribution in [2.45, 2.75) is 45.6 Å². The van der Waals surface area contributed by atoms with Gasteiger partial charge < -0.3 is 10.1 Å². The van der Waals surface area contributed by atoms with Crippen LogP contribution < -0.4 is 5.32 Å². The fraction of sp³-hybridized carbons (Fsp3) is 0.545. The molecule has 1 heterocycles. The predicted molar refractivity (Wildman–Crippen MR) is 105 cm³/mol. The Kier molecular flexibility index (Phi) is 5.15. The van der Waals surface area contributed by atoms with Crippen molar-refractivity contribution in [1.29, 1.82) is 0 Å². The molecule has 4 atom stereocenters. The fourth-order valence-electron chi connectivity index (χ4n) is 5.10. The Labute approximate surface area is 169 Å². The van der Waals surface area contributed by atoms with Crippen molar-refractivity contribution in [2.24, 2.45) is 23.7 Å². The van der Waals surface area contributed by atoms with E-state index in [1.54, 1.807) is 38.1 Å². The molecule has 1 aromatic rings. The monoisotopic (exact) mass is 398 g/mol. The molecule has 3 amide bonds. The van der Waals surface area contributed by atoms with E-state index in [2.05, 4.69) is 5.32 Å². The fourth-order valence-corrected chi connectivity index (χ4v) is 5.10. The molecule has 2 saturated carbocycles. The van der Waals surface area contributed by atoms with Crippen LogP contribution >= 0.6 is 0 Å². The lowest BCUT2D eigenvalue weighted by atomic mass is 9.81. The minimum atomic E-state index is -0.413. The average molecular weight is 398 g/mol. The third-order valence-electron chi connectivity index (χ3n) is 6.33. The summed E-state index contributed by atoms with van der Waals surface area (Å²) >= 11 is 0. The Morgan fingerprint density at radius 2 is 1.66 bits per heavy atom. The van der Waals surface area contributed by atoms with Gasteiger partial charge in [0.15, 0.2) is 0 Å². The van der Waals surface area contributed by atoms with E-state index in [-0.39, 0.29) is 48.6 Å². The van der Waals surface area contributed by atoms with E-state index >= 15 is 0 Å². The van der Waals surface area contributed by atoms with Crippen LogP contribution in [0.3, 0.4) is 0 Å². The molecule has 1 aromatic carbocycles. The van der Waals surface area contributed by atoms with Crippen LogP contribution in [0.25, 0.3) is 0 Å². The van der Waals surface area contributed by atoms with E-state index < -0.39 is 5.97 Å². The summed E-state index contributed by atoms with van der Waals surface area (Å²) in [6.07, 6.45) is 2.94. The van der Waals surface area contributed by atoms with Crippen molar-refractivity contribution in [3.63, 3.8) is 0 Å². The zero-order chi connectivity index (χ0) is 20.7. The van der Waals surface area contributed by atoms with Gasteiger partial charge in [0.1, 0.15) is 0 Å². The molecule has 1 N–H and O–H groups in total. The molecule has 1 saturated heterocycles. The zero-order valence-corrected chi connectivity index (χ0v) is 16.7. The van der Waals surface area contributed by atoms with Crippen LogP contribution in [0.4, 0.5) is 5.69 Å². The third kappa shape index (κ3) is 3.66. The maximum atomic E-state index is 12.7. The molecule has 0 unspecified atom stereocenters. The van der Waals surface area contributed by atoms with Crippen molar-refractivity contribution < 1.29 is 23.9 Å². The summed E-state index contributed by atoms with van der Waals surface area (Å²) in [5.74, 6) is -0.472. The van der Waals surface area contributed by atoms with Gasteiger partial charge in [0.25, 0.3) is 0 Å². The van der Waals surface area contributed by atoms with Gasteiger partial charge in [-0.2, -0.15) is 0 Å². The number of hydrogen-bond acceptors (Lipinski definition) is 5. The second kappa shape index (κ2) is 7.61. The van der Waals surface area contributed by atoms with Gasteiger partial charge >= 0.3 is 5.97 Å². The molecule has 0 radical (unpaired) electrons. The van der Waals surface area contributed by atoms with Crippen LogP contribution in [0.5, 0.6) is 0 Å². The van der Waals surface area contributed by atoms with Gasteiger partial charge in [0.05, 0.1) is 23.5 Å². The van der Waals surface area contributed by atoms with E-state index in [4.69, 9.17) is 4.74 Å². The van der Waals surface area contributed by atoms with E-state index in [1.165, 1.54) is 4.90 Å². The molecule has 154 valence electrons. The minimum absolute atomic E-state index is 0.0589. The summed E-state index contributed by atoms with van der Waals surface area (Å²) < 4.78 is 5.13. The maximum Gasteiger partial charge on any atom is 0.338 e. The smallest absolute Gasteiger partial charge is 0.338 e. The lowest BCUT2D eigenvalue weighted by Gasteiger charge is -2.19. The standard InChI is InChI=1S/C22H26N2O5/c1-12(2)29-22(28)13-5-7-16(8-6-13)23-17(25)9-10-24-20(26)18-14-3-4-15(11-14)19(18)21(24)27/h5-8,12,14-15,18-19H,3-4,9-11H2,1-2H3,(H,23,25)/t14-,15+,18-,19-/m0/s1. The number of rotatable bonds is 6. The third-order valence-corrected chi connectivity index (χ3v) is 6.33. The number of nitrogens with zero attached hydrogens (tertiary/aromatic N) is 1. The number of carbonyl (C=O) groups excluding carboxylic acids is 4. The number of fused-ring (bicyclic) bond motifs is 5. The number of carbonyl (C=O) groups is 4. The molecule has 2 bridgehead atoms. The second-order valence-electron chi connectivity index (χ2n) is 8.54. The van der Waals surface area contributed by atoms with Crippen molar-refractivity contribution in [3.05, 3.63) is 29.8 Å².